The molecule has 9 nitrogen and oxygen atoms in total. The van der Waals surface area contributed by atoms with E-state index in [9.17, 15) is 4.79 Å². The number of H-pyrrole nitrogens is 1. The molecule has 0 saturated carbocycles. The molecule has 3 heterocycles. The molecule has 0 bridgehead atoms. The van der Waals surface area contributed by atoms with Gasteiger partial charge in [-0.25, -0.2) is 4.98 Å². The van der Waals surface area contributed by atoms with Gasteiger partial charge < -0.3 is 25.0 Å². The SMILES string of the molecule is Cc1ccc2nc(-c3cc(N4CCC(C(=O)NCCN5CCOCC5)C4)ccc3Cl)[nH]c2c1.O=CO. The summed E-state index contributed by atoms with van der Waals surface area (Å²) < 4.78 is 5.38. The fourth-order valence-electron chi connectivity index (χ4n) is 4.66. The number of carbonyl (C=O) groups excluding carboxylic acids is 1. The van der Waals surface area contributed by atoms with Gasteiger partial charge in [-0.2, -0.15) is 0 Å². The zero-order valence-corrected chi connectivity index (χ0v) is 21.1. The van der Waals surface area contributed by atoms with Gasteiger partial charge >= 0.3 is 0 Å². The Morgan fingerprint density at radius 2 is 2.03 bits per heavy atom. The van der Waals surface area contributed by atoms with Crippen molar-refractivity contribution in [2.75, 3.05) is 57.4 Å². The van der Waals surface area contributed by atoms with Crippen LogP contribution in [0, 0.1) is 12.8 Å². The number of hydrogen-bond acceptors (Lipinski definition) is 6. The van der Waals surface area contributed by atoms with Crippen molar-refractivity contribution in [3.05, 3.63) is 47.0 Å². The number of imidazole rings is 1. The van der Waals surface area contributed by atoms with E-state index in [2.05, 4.69) is 45.2 Å². The number of carboxylic acid groups (broad SMARTS) is 1. The van der Waals surface area contributed by atoms with E-state index in [4.69, 9.17) is 31.2 Å². The molecule has 1 atom stereocenters. The standard InChI is InChI=1S/C25H30ClN5O2.CH2O2/c1-17-2-5-22-23(14-17)29-24(28-22)20-15-19(3-4-21(20)26)31-8-6-18(16-31)25(32)27-7-9-30-10-12-33-13-11-30;2-1-3/h2-5,14-15,18H,6-13,16H2,1H3,(H,27,32)(H,28,29);1H,(H,2,3). The van der Waals surface area contributed by atoms with Crippen LogP contribution in [0.2, 0.25) is 5.02 Å². The zero-order valence-electron chi connectivity index (χ0n) is 20.4. The number of hydrogen-bond donors (Lipinski definition) is 3. The van der Waals surface area contributed by atoms with Crippen molar-refractivity contribution in [1.82, 2.24) is 20.2 Å². The van der Waals surface area contributed by atoms with Crippen molar-refractivity contribution in [1.29, 1.82) is 0 Å². The number of aromatic amines is 1. The molecule has 2 aliphatic rings. The minimum atomic E-state index is -0.250. The Labute approximate surface area is 215 Å². The van der Waals surface area contributed by atoms with Crippen molar-refractivity contribution >= 4 is 40.7 Å². The molecule has 1 unspecified atom stereocenters. The summed E-state index contributed by atoms with van der Waals surface area (Å²) in [5.74, 6) is 0.912. The number of aromatic nitrogens is 2. The van der Waals surface area contributed by atoms with E-state index in [1.807, 2.05) is 18.2 Å². The van der Waals surface area contributed by atoms with Crippen LogP contribution in [0.25, 0.3) is 22.4 Å². The lowest BCUT2D eigenvalue weighted by atomic mass is 10.1. The van der Waals surface area contributed by atoms with E-state index in [1.54, 1.807) is 0 Å². The van der Waals surface area contributed by atoms with Crippen LogP contribution in [-0.2, 0) is 14.3 Å². The van der Waals surface area contributed by atoms with Crippen molar-refractivity contribution in [2.45, 2.75) is 13.3 Å². The van der Waals surface area contributed by atoms with Gasteiger partial charge in [-0.3, -0.25) is 14.5 Å². The average molecular weight is 514 g/mol. The molecule has 0 spiro atoms. The summed E-state index contributed by atoms with van der Waals surface area (Å²) in [6.07, 6.45) is 0.852. The highest BCUT2D eigenvalue weighted by Gasteiger charge is 2.29. The predicted molar refractivity (Wildman–Crippen MR) is 141 cm³/mol. The maximum absolute atomic E-state index is 12.7. The van der Waals surface area contributed by atoms with E-state index in [-0.39, 0.29) is 18.3 Å². The third kappa shape index (κ3) is 6.34. The fourth-order valence-corrected chi connectivity index (χ4v) is 4.86. The molecule has 2 saturated heterocycles. The van der Waals surface area contributed by atoms with Gasteiger partial charge in [0.15, 0.2) is 0 Å². The van der Waals surface area contributed by atoms with E-state index in [0.717, 1.165) is 73.9 Å². The molecule has 2 fully saturated rings. The summed E-state index contributed by atoms with van der Waals surface area (Å²) in [4.78, 5) is 33.8. The molecule has 0 radical (unpaired) electrons. The molecule has 2 aliphatic heterocycles. The number of rotatable bonds is 6. The van der Waals surface area contributed by atoms with Crippen LogP contribution >= 0.6 is 11.6 Å². The van der Waals surface area contributed by atoms with Crippen LogP contribution in [0.3, 0.4) is 0 Å². The number of amides is 1. The highest BCUT2D eigenvalue weighted by atomic mass is 35.5. The summed E-state index contributed by atoms with van der Waals surface area (Å²) in [5, 5.41) is 10.7. The van der Waals surface area contributed by atoms with Gasteiger partial charge in [0.1, 0.15) is 5.82 Å². The first kappa shape index (κ1) is 25.9. The second-order valence-electron chi connectivity index (χ2n) is 9.05. The molecule has 5 rings (SSSR count). The van der Waals surface area contributed by atoms with Gasteiger partial charge in [0.05, 0.1) is 35.2 Å². The summed E-state index contributed by atoms with van der Waals surface area (Å²) in [5.41, 5.74) is 5.05. The Balaban J connectivity index is 0.000000967. The second-order valence-corrected chi connectivity index (χ2v) is 9.46. The Bertz CT molecular complexity index is 1190. The third-order valence-corrected chi connectivity index (χ3v) is 6.93. The van der Waals surface area contributed by atoms with Crippen molar-refractivity contribution in [3.63, 3.8) is 0 Å². The molecule has 2 aromatic carbocycles. The van der Waals surface area contributed by atoms with Crippen LogP contribution in [-0.4, -0.2) is 84.8 Å². The van der Waals surface area contributed by atoms with Gasteiger partial charge in [0, 0.05) is 50.5 Å². The Hall–Kier alpha value is -3.14. The summed E-state index contributed by atoms with van der Waals surface area (Å²) in [6, 6.07) is 12.2. The Morgan fingerprint density at radius 1 is 1.25 bits per heavy atom. The quantitative estimate of drug-likeness (QED) is 0.434. The lowest BCUT2D eigenvalue weighted by Crippen LogP contribution is -2.42. The first-order valence-electron chi connectivity index (χ1n) is 12.2. The lowest BCUT2D eigenvalue weighted by Gasteiger charge is -2.26. The number of benzene rings is 2. The number of aryl methyl sites for hydroxylation is 1. The summed E-state index contributed by atoms with van der Waals surface area (Å²) in [6.45, 7) is 8.38. The van der Waals surface area contributed by atoms with Gasteiger partial charge in [0.2, 0.25) is 5.91 Å². The number of fused-ring (bicyclic) bond motifs is 1. The normalized spacial score (nSPS) is 18.1. The van der Waals surface area contributed by atoms with Crippen molar-refractivity contribution < 1.29 is 19.4 Å². The van der Waals surface area contributed by atoms with E-state index in [1.165, 1.54) is 5.56 Å². The Kier molecular flexibility index (Phi) is 8.79. The number of anilines is 1. The first-order chi connectivity index (χ1) is 17.5. The summed E-state index contributed by atoms with van der Waals surface area (Å²) in [7, 11) is 0. The van der Waals surface area contributed by atoms with Crippen LogP contribution in [0.4, 0.5) is 5.69 Å². The average Bonchev–Trinajstić information content (AvgIpc) is 3.53. The van der Waals surface area contributed by atoms with E-state index in [0.29, 0.717) is 18.1 Å². The molecule has 36 heavy (non-hydrogen) atoms. The van der Waals surface area contributed by atoms with Crippen molar-refractivity contribution in [3.8, 4) is 11.4 Å². The van der Waals surface area contributed by atoms with Crippen LogP contribution in [0.1, 0.15) is 12.0 Å². The zero-order chi connectivity index (χ0) is 25.5. The maximum Gasteiger partial charge on any atom is 0.290 e. The molecular formula is C26H32ClN5O4. The molecular weight excluding hydrogens is 482 g/mol. The molecule has 10 heteroatoms. The highest BCUT2D eigenvalue weighted by molar-refractivity contribution is 6.33. The molecule has 3 aromatic rings. The third-order valence-electron chi connectivity index (χ3n) is 6.60. The lowest BCUT2D eigenvalue weighted by molar-refractivity contribution is -0.124. The number of halogens is 1. The summed E-state index contributed by atoms with van der Waals surface area (Å²) >= 11 is 6.54. The van der Waals surface area contributed by atoms with Crippen LogP contribution in [0.5, 0.6) is 0 Å². The minimum Gasteiger partial charge on any atom is -0.483 e. The predicted octanol–water partition coefficient (Wildman–Crippen LogP) is 3.17. The molecule has 1 aromatic heterocycles. The maximum atomic E-state index is 12.7. The second kappa shape index (κ2) is 12.2. The molecule has 3 N–H and O–H groups in total. The molecule has 192 valence electrons. The number of ether oxygens (including phenoxy) is 1. The highest BCUT2D eigenvalue weighted by Crippen LogP contribution is 2.33. The monoisotopic (exact) mass is 513 g/mol. The van der Waals surface area contributed by atoms with Gasteiger partial charge in [-0.1, -0.05) is 17.7 Å². The topological polar surface area (TPSA) is 111 Å². The molecule has 0 aliphatic carbocycles. The van der Waals surface area contributed by atoms with Gasteiger partial charge in [-0.15, -0.1) is 0 Å². The van der Waals surface area contributed by atoms with Gasteiger partial charge in [-0.05, 0) is 49.2 Å². The number of morpholine rings is 1. The van der Waals surface area contributed by atoms with Gasteiger partial charge in [0.25, 0.3) is 6.47 Å². The smallest absolute Gasteiger partial charge is 0.290 e. The number of carbonyl (C=O) groups is 2. The Morgan fingerprint density at radius 3 is 2.81 bits per heavy atom. The van der Waals surface area contributed by atoms with E-state index >= 15 is 0 Å². The van der Waals surface area contributed by atoms with Crippen LogP contribution < -0.4 is 10.2 Å². The van der Waals surface area contributed by atoms with Crippen LogP contribution in [0.15, 0.2) is 36.4 Å². The number of nitrogens with one attached hydrogen (secondary N) is 2. The first-order valence-corrected chi connectivity index (χ1v) is 12.5. The minimum absolute atomic E-state index is 0.00277. The van der Waals surface area contributed by atoms with E-state index < -0.39 is 0 Å². The molecule has 1 amide bonds. The van der Waals surface area contributed by atoms with Crippen molar-refractivity contribution in [2.24, 2.45) is 5.92 Å². The fraction of sp³-hybridized carbons (Fsp3) is 0.423. The largest absolute Gasteiger partial charge is 0.483 e. The number of nitrogens with zero attached hydrogens (tertiary/aromatic N) is 3.